The fraction of sp³-hybridized carbons (Fsp3) is 0. The Labute approximate surface area is 68.8 Å². The van der Waals surface area contributed by atoms with E-state index < -0.39 is 4.92 Å². The smallest absolute Gasteiger partial charge is 0.287 e. The fourth-order valence-corrected chi connectivity index (χ4v) is 0.505. The summed E-state index contributed by atoms with van der Waals surface area (Å²) in [6.45, 7) is 0. The molecule has 6 heteroatoms. The van der Waals surface area contributed by atoms with Gasteiger partial charge in [0.25, 0.3) is 5.69 Å². The first-order valence-electron chi connectivity index (χ1n) is 2.56. The second kappa shape index (κ2) is 3.72. The fourth-order valence-electron chi connectivity index (χ4n) is 0.505. The van der Waals surface area contributed by atoms with Gasteiger partial charge < -0.3 is 5.73 Å². The minimum absolute atomic E-state index is 0. The summed E-state index contributed by atoms with van der Waals surface area (Å²) in [6, 6.07) is 2.69. The van der Waals surface area contributed by atoms with Gasteiger partial charge in [0, 0.05) is 6.07 Å². The Morgan fingerprint density at radius 1 is 1.55 bits per heavy atom. The average Bonchev–Trinajstić information content (AvgIpc) is 1.88. The molecule has 0 spiro atoms. The van der Waals surface area contributed by atoms with Crippen LogP contribution in [0.3, 0.4) is 0 Å². The third kappa shape index (κ3) is 2.38. The topological polar surface area (TPSA) is 82.0 Å². The largest absolute Gasteiger partial charge is 0.384 e. The molecule has 1 aromatic heterocycles. The summed E-state index contributed by atoms with van der Waals surface area (Å²) in [5.74, 6) is 0.283. The molecule has 0 unspecified atom stereocenters. The Balaban J connectivity index is 0.000001000. The summed E-state index contributed by atoms with van der Waals surface area (Å²) in [5, 5.41) is 10.0. The molecule has 0 amide bonds. The molecule has 0 aliphatic rings. The standard InChI is InChI=1S/C5H5N3O2.ClH/c6-5-2-1-4(3-7-5)8(9)10;/h1-3H,(H2,6,7);1H. The first-order valence-corrected chi connectivity index (χ1v) is 2.56. The molecule has 1 rings (SSSR count). The number of anilines is 1. The molecule has 0 atom stereocenters. The van der Waals surface area contributed by atoms with Crippen molar-refractivity contribution in [3.63, 3.8) is 0 Å². The Bertz CT molecular complexity index is 248. The first-order chi connectivity index (χ1) is 4.70. The van der Waals surface area contributed by atoms with Crippen molar-refractivity contribution in [1.82, 2.24) is 4.98 Å². The number of halogens is 1. The summed E-state index contributed by atoms with van der Waals surface area (Å²) < 4.78 is 0. The van der Waals surface area contributed by atoms with Crippen molar-refractivity contribution in [2.45, 2.75) is 0 Å². The van der Waals surface area contributed by atoms with Gasteiger partial charge in [-0.3, -0.25) is 10.1 Å². The molecule has 2 N–H and O–H groups in total. The molecule has 60 valence electrons. The summed E-state index contributed by atoms with van der Waals surface area (Å²) in [4.78, 5) is 13.1. The molecular weight excluding hydrogens is 170 g/mol. The monoisotopic (exact) mass is 175 g/mol. The predicted molar refractivity (Wildman–Crippen MR) is 42.6 cm³/mol. The predicted octanol–water partition coefficient (Wildman–Crippen LogP) is 0.994. The zero-order chi connectivity index (χ0) is 7.56. The lowest BCUT2D eigenvalue weighted by atomic mass is 10.4. The molecule has 1 aromatic rings. The van der Waals surface area contributed by atoms with Crippen molar-refractivity contribution in [2.24, 2.45) is 0 Å². The average molecular weight is 176 g/mol. The number of nitrogen functional groups attached to an aromatic ring is 1. The molecule has 0 aromatic carbocycles. The normalized spacial score (nSPS) is 8.36. The first kappa shape index (κ1) is 9.64. The van der Waals surface area contributed by atoms with Crippen molar-refractivity contribution in [3.05, 3.63) is 28.4 Å². The van der Waals surface area contributed by atoms with Crippen LogP contribution < -0.4 is 5.73 Å². The molecule has 0 radical (unpaired) electrons. The van der Waals surface area contributed by atoms with Crippen LogP contribution in [0.25, 0.3) is 0 Å². The Hall–Kier alpha value is -1.36. The molecular formula is C5H6ClN3O2. The number of hydrogen-bond donors (Lipinski definition) is 1. The zero-order valence-electron chi connectivity index (χ0n) is 5.43. The van der Waals surface area contributed by atoms with Crippen molar-refractivity contribution in [1.29, 1.82) is 0 Å². The van der Waals surface area contributed by atoms with E-state index in [2.05, 4.69) is 4.98 Å². The van der Waals surface area contributed by atoms with E-state index in [1.54, 1.807) is 0 Å². The Morgan fingerprint density at radius 3 is 2.55 bits per heavy atom. The van der Waals surface area contributed by atoms with Gasteiger partial charge in [-0.15, -0.1) is 12.4 Å². The minimum atomic E-state index is -0.521. The summed E-state index contributed by atoms with van der Waals surface area (Å²) in [6.07, 6.45) is 1.12. The molecule has 11 heavy (non-hydrogen) atoms. The molecule has 1 heterocycles. The lowest BCUT2D eigenvalue weighted by Gasteiger charge is -1.89. The van der Waals surface area contributed by atoms with E-state index in [1.165, 1.54) is 12.1 Å². The van der Waals surface area contributed by atoms with Crippen molar-refractivity contribution >= 4 is 23.9 Å². The molecule has 5 nitrogen and oxygen atoms in total. The Morgan fingerprint density at radius 2 is 2.18 bits per heavy atom. The lowest BCUT2D eigenvalue weighted by Crippen LogP contribution is -1.92. The lowest BCUT2D eigenvalue weighted by molar-refractivity contribution is -0.385. The van der Waals surface area contributed by atoms with Crippen LogP contribution in [0.15, 0.2) is 18.3 Å². The van der Waals surface area contributed by atoms with Gasteiger partial charge in [0.15, 0.2) is 0 Å². The highest BCUT2D eigenvalue weighted by molar-refractivity contribution is 5.85. The number of nitrogens with zero attached hydrogens (tertiary/aromatic N) is 2. The third-order valence-corrected chi connectivity index (χ3v) is 0.982. The number of pyridine rings is 1. The molecule has 0 fully saturated rings. The van der Waals surface area contributed by atoms with Gasteiger partial charge in [0.2, 0.25) is 0 Å². The quantitative estimate of drug-likeness (QED) is 0.510. The maximum atomic E-state index is 10.0. The van der Waals surface area contributed by atoms with Gasteiger partial charge in [-0.25, -0.2) is 4.98 Å². The summed E-state index contributed by atoms with van der Waals surface area (Å²) in [7, 11) is 0. The number of aromatic nitrogens is 1. The van der Waals surface area contributed by atoms with E-state index in [9.17, 15) is 10.1 Å². The summed E-state index contributed by atoms with van der Waals surface area (Å²) >= 11 is 0. The highest BCUT2D eigenvalue weighted by Crippen LogP contribution is 2.08. The van der Waals surface area contributed by atoms with Gasteiger partial charge in [0.05, 0.1) is 4.92 Å². The zero-order valence-corrected chi connectivity index (χ0v) is 6.25. The van der Waals surface area contributed by atoms with Crippen molar-refractivity contribution in [3.8, 4) is 0 Å². The molecule has 0 bridgehead atoms. The van der Waals surface area contributed by atoms with E-state index in [0.717, 1.165) is 6.20 Å². The maximum Gasteiger partial charge on any atom is 0.287 e. The Kier molecular flexibility index (Phi) is 3.26. The van der Waals surface area contributed by atoms with Crippen LogP contribution in [0.4, 0.5) is 11.5 Å². The van der Waals surface area contributed by atoms with Crippen molar-refractivity contribution in [2.75, 3.05) is 5.73 Å². The van der Waals surface area contributed by atoms with Gasteiger partial charge in [-0.2, -0.15) is 0 Å². The van der Waals surface area contributed by atoms with Gasteiger partial charge in [-0.1, -0.05) is 0 Å². The van der Waals surface area contributed by atoms with Gasteiger partial charge >= 0.3 is 0 Å². The number of nitrogens with two attached hydrogens (primary N) is 1. The number of nitro groups is 1. The van der Waals surface area contributed by atoms with E-state index in [-0.39, 0.29) is 23.9 Å². The van der Waals surface area contributed by atoms with Crippen LogP contribution in [-0.4, -0.2) is 9.91 Å². The highest BCUT2D eigenvalue weighted by Gasteiger charge is 2.02. The van der Waals surface area contributed by atoms with E-state index in [1.807, 2.05) is 0 Å². The number of rotatable bonds is 1. The van der Waals surface area contributed by atoms with Crippen LogP contribution >= 0.6 is 12.4 Å². The van der Waals surface area contributed by atoms with Crippen LogP contribution in [0.5, 0.6) is 0 Å². The van der Waals surface area contributed by atoms with E-state index >= 15 is 0 Å². The molecule has 0 aliphatic heterocycles. The van der Waals surface area contributed by atoms with Gasteiger partial charge in [0.1, 0.15) is 12.0 Å². The second-order valence-corrected chi connectivity index (χ2v) is 1.70. The van der Waals surface area contributed by atoms with Crippen LogP contribution in [0.1, 0.15) is 0 Å². The van der Waals surface area contributed by atoms with Gasteiger partial charge in [-0.05, 0) is 6.07 Å². The molecule has 0 saturated carbocycles. The molecule has 0 saturated heterocycles. The second-order valence-electron chi connectivity index (χ2n) is 1.70. The minimum Gasteiger partial charge on any atom is -0.384 e. The summed E-state index contributed by atoms with van der Waals surface area (Å²) in [5.41, 5.74) is 5.15. The maximum absolute atomic E-state index is 10.0. The van der Waals surface area contributed by atoms with E-state index in [0.29, 0.717) is 0 Å². The molecule has 0 aliphatic carbocycles. The van der Waals surface area contributed by atoms with E-state index in [4.69, 9.17) is 5.73 Å². The SMILES string of the molecule is Cl.Nc1ccc([N+](=O)[O-])cn1. The van der Waals surface area contributed by atoms with Crippen LogP contribution in [0, 0.1) is 10.1 Å². The van der Waals surface area contributed by atoms with Crippen LogP contribution in [-0.2, 0) is 0 Å². The van der Waals surface area contributed by atoms with Crippen LogP contribution in [0.2, 0.25) is 0 Å². The number of hydrogen-bond acceptors (Lipinski definition) is 4. The van der Waals surface area contributed by atoms with Crippen molar-refractivity contribution < 1.29 is 4.92 Å². The highest BCUT2D eigenvalue weighted by atomic mass is 35.5. The third-order valence-electron chi connectivity index (χ3n) is 0.982.